The second kappa shape index (κ2) is 9.84. The normalized spacial score (nSPS) is 35.8. The number of rotatable bonds is 5. The molecule has 2 aliphatic carbocycles. The van der Waals surface area contributed by atoms with E-state index in [-0.39, 0.29) is 5.92 Å². The summed E-state index contributed by atoms with van der Waals surface area (Å²) in [7, 11) is -2.19. The van der Waals surface area contributed by atoms with Crippen molar-refractivity contribution >= 4 is 26.0 Å². The molecular weight excluding hydrogens is 384 g/mol. The van der Waals surface area contributed by atoms with Crippen molar-refractivity contribution in [3.05, 3.63) is 0 Å². The van der Waals surface area contributed by atoms with Gasteiger partial charge in [-0.1, -0.05) is 12.8 Å². The van der Waals surface area contributed by atoms with Gasteiger partial charge in [0.25, 0.3) is 0 Å². The van der Waals surface area contributed by atoms with Gasteiger partial charge in [-0.25, -0.2) is 0 Å². The van der Waals surface area contributed by atoms with E-state index in [2.05, 4.69) is 11.2 Å². The van der Waals surface area contributed by atoms with Crippen molar-refractivity contribution in [2.75, 3.05) is 25.9 Å². The number of hydrogen-bond donors (Lipinski definition) is 2. The molecule has 1 amide bonds. The maximum Gasteiger partial charge on any atom is 0.225 e. The molecular formula is C22H42N2O2SSi. The highest BCUT2D eigenvalue weighted by atomic mass is 32.2. The predicted octanol–water partition coefficient (Wildman–Crippen LogP) is 4.09. The highest BCUT2D eigenvalue weighted by Crippen LogP contribution is 2.44. The van der Waals surface area contributed by atoms with E-state index >= 15 is 0 Å². The van der Waals surface area contributed by atoms with Gasteiger partial charge in [0, 0.05) is 24.3 Å². The van der Waals surface area contributed by atoms with Crippen LogP contribution in [0.1, 0.15) is 57.8 Å². The summed E-state index contributed by atoms with van der Waals surface area (Å²) < 4.78 is 0. The van der Waals surface area contributed by atoms with Gasteiger partial charge >= 0.3 is 0 Å². The van der Waals surface area contributed by atoms with Gasteiger partial charge in [-0.3, -0.25) is 4.79 Å². The average Bonchev–Trinajstić information content (AvgIpc) is 2.72. The van der Waals surface area contributed by atoms with E-state index in [1.54, 1.807) is 0 Å². The zero-order chi connectivity index (χ0) is 20.3. The van der Waals surface area contributed by atoms with Crippen LogP contribution >= 0.6 is 11.8 Å². The van der Waals surface area contributed by atoms with Crippen LogP contribution in [-0.4, -0.2) is 55.1 Å². The van der Waals surface area contributed by atoms with E-state index in [0.29, 0.717) is 16.7 Å². The van der Waals surface area contributed by atoms with Gasteiger partial charge in [0.2, 0.25) is 5.91 Å². The maximum atomic E-state index is 13.3. The van der Waals surface area contributed by atoms with E-state index in [1.807, 2.05) is 24.9 Å². The Bertz CT molecular complexity index is 519. The lowest BCUT2D eigenvalue weighted by atomic mass is 9.72. The van der Waals surface area contributed by atoms with E-state index in [0.717, 1.165) is 56.7 Å². The number of likely N-dealkylation sites (tertiary alicyclic amines) is 1. The van der Waals surface area contributed by atoms with Crippen molar-refractivity contribution in [2.24, 2.45) is 29.4 Å². The molecule has 1 aliphatic heterocycles. The summed E-state index contributed by atoms with van der Waals surface area (Å²) >= 11 is 1.89. The number of nitrogens with zero attached hydrogens (tertiary/aromatic N) is 1. The van der Waals surface area contributed by atoms with Crippen LogP contribution in [0.25, 0.3) is 0 Å². The Morgan fingerprint density at radius 3 is 2.39 bits per heavy atom. The highest BCUT2D eigenvalue weighted by molar-refractivity contribution is 7.99. The molecule has 162 valence electrons. The van der Waals surface area contributed by atoms with Crippen molar-refractivity contribution in [2.45, 2.75) is 81.7 Å². The summed E-state index contributed by atoms with van der Waals surface area (Å²) in [6.07, 6.45) is 12.8. The van der Waals surface area contributed by atoms with Crippen LogP contribution in [0.3, 0.4) is 0 Å². The van der Waals surface area contributed by atoms with Crippen LogP contribution in [0.2, 0.25) is 18.6 Å². The summed E-state index contributed by atoms with van der Waals surface area (Å²) in [4.78, 5) is 26.1. The van der Waals surface area contributed by atoms with Crippen LogP contribution < -0.4 is 5.73 Å². The van der Waals surface area contributed by atoms with Crippen molar-refractivity contribution in [1.82, 2.24) is 4.90 Å². The lowest BCUT2D eigenvalue weighted by Gasteiger charge is -2.43. The fourth-order valence-corrected chi connectivity index (χ4v) is 8.80. The summed E-state index contributed by atoms with van der Waals surface area (Å²) in [6.45, 7) is 6.83. The molecule has 5 atom stereocenters. The first-order valence-electron chi connectivity index (χ1n) is 11.6. The zero-order valence-electron chi connectivity index (χ0n) is 18.2. The first kappa shape index (κ1) is 22.6. The van der Waals surface area contributed by atoms with Crippen LogP contribution in [-0.2, 0) is 4.79 Å². The molecule has 0 aromatic carbocycles. The number of amides is 1. The van der Waals surface area contributed by atoms with Crippen LogP contribution in [0.4, 0.5) is 0 Å². The molecule has 6 heteroatoms. The number of thioether (sulfide) groups is 1. The number of hydrogen-bond acceptors (Lipinski definition) is 4. The molecule has 2 saturated carbocycles. The Morgan fingerprint density at radius 1 is 1.07 bits per heavy atom. The Balaban J connectivity index is 1.54. The minimum atomic E-state index is -2.19. The molecule has 0 bridgehead atoms. The summed E-state index contributed by atoms with van der Waals surface area (Å²) in [5.74, 6) is 2.86. The molecule has 0 radical (unpaired) electrons. The van der Waals surface area contributed by atoms with Gasteiger partial charge in [-0.2, -0.15) is 11.8 Å². The Kier molecular flexibility index (Phi) is 7.96. The molecule has 0 spiro atoms. The molecule has 3 fully saturated rings. The average molecular weight is 427 g/mol. The fraction of sp³-hybridized carbons (Fsp3) is 0.955. The van der Waals surface area contributed by atoms with E-state index in [4.69, 9.17) is 5.73 Å². The fourth-order valence-electron chi connectivity index (χ4n) is 6.06. The van der Waals surface area contributed by atoms with Crippen molar-refractivity contribution < 1.29 is 9.59 Å². The molecule has 1 heterocycles. The van der Waals surface area contributed by atoms with Crippen LogP contribution in [0.15, 0.2) is 0 Å². The second-order valence-electron chi connectivity index (χ2n) is 10.3. The minimum Gasteiger partial charge on any atom is -0.432 e. The molecule has 5 unspecified atom stereocenters. The summed E-state index contributed by atoms with van der Waals surface area (Å²) in [5.41, 5.74) is 6.30. The quantitative estimate of drug-likeness (QED) is 0.650. The SMILES string of the molecule is CSC1CC(C(=O)N2CCC(C3CCCC(CN)C3)CC2)CC([Si](C)(C)O)C1. The number of nitrogens with two attached hydrogens (primary N) is 1. The van der Waals surface area contributed by atoms with Gasteiger partial charge in [0.05, 0.1) is 0 Å². The maximum absolute atomic E-state index is 13.3. The largest absolute Gasteiger partial charge is 0.432 e. The summed E-state index contributed by atoms with van der Waals surface area (Å²) in [5, 5.41) is 0.527. The molecule has 28 heavy (non-hydrogen) atoms. The Hall–Kier alpha value is -0.0431. The molecule has 0 aromatic heterocycles. The standard InChI is InChI=1S/C22H42N2O2SSi/c1-27-20-12-19(13-21(14-20)28(2,3)26)22(25)24-9-7-17(8-10-24)18-6-4-5-16(11-18)15-23/h16-21,26H,4-15,23H2,1-3H3. The third kappa shape index (κ3) is 5.55. The Labute approximate surface area is 177 Å². The van der Waals surface area contributed by atoms with Crippen molar-refractivity contribution in [3.63, 3.8) is 0 Å². The molecule has 3 N–H and O–H groups in total. The summed E-state index contributed by atoms with van der Waals surface area (Å²) in [6, 6.07) is 0. The minimum absolute atomic E-state index is 0.128. The highest BCUT2D eigenvalue weighted by Gasteiger charge is 2.42. The van der Waals surface area contributed by atoms with Crippen molar-refractivity contribution in [1.29, 1.82) is 0 Å². The van der Waals surface area contributed by atoms with Gasteiger partial charge in [0.15, 0.2) is 8.32 Å². The smallest absolute Gasteiger partial charge is 0.225 e. The molecule has 1 saturated heterocycles. The van der Waals surface area contributed by atoms with E-state index < -0.39 is 8.32 Å². The predicted molar refractivity (Wildman–Crippen MR) is 122 cm³/mol. The monoisotopic (exact) mass is 426 g/mol. The van der Waals surface area contributed by atoms with Gasteiger partial charge < -0.3 is 15.4 Å². The van der Waals surface area contributed by atoms with Crippen LogP contribution in [0.5, 0.6) is 0 Å². The third-order valence-corrected chi connectivity index (χ3v) is 11.5. The molecule has 3 rings (SSSR count). The number of carbonyl (C=O) groups is 1. The number of piperidine rings is 1. The number of carbonyl (C=O) groups excluding carboxylic acids is 1. The lowest BCUT2D eigenvalue weighted by molar-refractivity contribution is -0.138. The topological polar surface area (TPSA) is 66.6 Å². The first-order valence-corrected chi connectivity index (χ1v) is 15.9. The first-order chi connectivity index (χ1) is 13.3. The van der Waals surface area contributed by atoms with Gasteiger partial charge in [-0.05, 0) is 94.1 Å². The molecule has 4 nitrogen and oxygen atoms in total. The van der Waals surface area contributed by atoms with E-state index in [1.165, 1.54) is 38.5 Å². The van der Waals surface area contributed by atoms with E-state index in [9.17, 15) is 9.59 Å². The second-order valence-corrected chi connectivity index (χ2v) is 15.6. The lowest BCUT2D eigenvalue weighted by Crippen LogP contribution is -2.47. The van der Waals surface area contributed by atoms with Gasteiger partial charge in [0.1, 0.15) is 0 Å². The molecule has 0 aromatic rings. The van der Waals surface area contributed by atoms with Gasteiger partial charge in [-0.15, -0.1) is 0 Å². The third-order valence-electron chi connectivity index (χ3n) is 8.02. The van der Waals surface area contributed by atoms with Crippen LogP contribution in [0, 0.1) is 23.7 Å². The Morgan fingerprint density at radius 2 is 1.79 bits per heavy atom. The molecule has 3 aliphatic rings. The zero-order valence-corrected chi connectivity index (χ0v) is 20.1. The van der Waals surface area contributed by atoms with Crippen molar-refractivity contribution in [3.8, 4) is 0 Å².